The smallest absolute Gasteiger partial charge is 0.376 e. The van der Waals surface area contributed by atoms with Gasteiger partial charge in [-0.2, -0.15) is 31.4 Å². The van der Waals surface area contributed by atoms with Crippen LogP contribution in [0.1, 0.15) is 26.2 Å². The number of hydrogen-bond acceptors (Lipinski definition) is 5. The van der Waals surface area contributed by atoms with Gasteiger partial charge in [-0.25, -0.2) is 4.39 Å². The van der Waals surface area contributed by atoms with Crippen LogP contribution in [0.5, 0.6) is 0 Å². The molecule has 2 aliphatic carbocycles. The average molecular weight is 628 g/mol. The van der Waals surface area contributed by atoms with E-state index >= 15 is 0 Å². The van der Waals surface area contributed by atoms with Crippen molar-refractivity contribution in [2.45, 2.75) is 72.9 Å². The minimum atomic E-state index is -6.30. The number of nitrogens with zero attached hydrogens (tertiary/aromatic N) is 3. The molecule has 1 fully saturated rings. The molecule has 0 aromatic carbocycles. The predicted molar refractivity (Wildman–Crippen MR) is 137 cm³/mol. The summed E-state index contributed by atoms with van der Waals surface area (Å²) >= 11 is 18.5. The number of halogens is 10. The summed E-state index contributed by atoms with van der Waals surface area (Å²) in [5.41, 5.74) is -8.16. The minimum absolute atomic E-state index is 0.262. The number of likely N-dealkylation sites (N-methyl/N-ethyl adjacent to an activating group) is 1. The van der Waals surface area contributed by atoms with Gasteiger partial charge in [-0.15, -0.1) is 11.6 Å². The summed E-state index contributed by atoms with van der Waals surface area (Å²) in [6, 6.07) is -0.934. The minimum Gasteiger partial charge on any atom is -0.376 e. The van der Waals surface area contributed by atoms with Crippen LogP contribution in [0.2, 0.25) is 0 Å². The fourth-order valence-electron chi connectivity index (χ4n) is 4.58. The van der Waals surface area contributed by atoms with E-state index in [1.807, 2.05) is 11.9 Å². The largest absolute Gasteiger partial charge is 0.435 e. The van der Waals surface area contributed by atoms with E-state index < -0.39 is 57.2 Å². The van der Waals surface area contributed by atoms with Crippen LogP contribution in [0.3, 0.4) is 0 Å². The number of rotatable bonds is 8. The molecule has 0 spiro atoms. The second-order valence-electron chi connectivity index (χ2n) is 10.0. The summed E-state index contributed by atoms with van der Waals surface area (Å²) in [6.07, 6.45) is -6.78. The lowest BCUT2D eigenvalue weighted by atomic mass is 9.84. The van der Waals surface area contributed by atoms with Crippen LogP contribution >= 0.6 is 34.8 Å². The highest BCUT2D eigenvalue weighted by Gasteiger charge is 2.74. The van der Waals surface area contributed by atoms with Gasteiger partial charge in [0, 0.05) is 35.8 Å². The van der Waals surface area contributed by atoms with Gasteiger partial charge in [0.05, 0.1) is 11.6 Å². The van der Waals surface area contributed by atoms with Gasteiger partial charge in [0.25, 0.3) is 0 Å². The molecule has 3 rings (SSSR count). The van der Waals surface area contributed by atoms with Gasteiger partial charge in [-0.05, 0) is 50.5 Å². The van der Waals surface area contributed by atoms with Crippen LogP contribution in [0.4, 0.5) is 30.7 Å². The number of aliphatic hydroxyl groups is 1. The number of allylic oxidation sites excluding steroid dienone is 4. The topological polar surface area (TPSA) is 51.1 Å². The van der Waals surface area contributed by atoms with E-state index in [0.29, 0.717) is 23.6 Å². The van der Waals surface area contributed by atoms with E-state index in [0.717, 1.165) is 17.9 Å². The van der Waals surface area contributed by atoms with Gasteiger partial charge in [-0.3, -0.25) is 9.91 Å². The fraction of sp³-hybridized carbons (Fsp3) is 0.625. The third-order valence-electron chi connectivity index (χ3n) is 7.33. The van der Waals surface area contributed by atoms with E-state index in [9.17, 15) is 35.8 Å². The number of nitrogens with one attached hydrogen (secondary N) is 1. The van der Waals surface area contributed by atoms with Crippen molar-refractivity contribution >= 4 is 41.0 Å². The maximum Gasteiger partial charge on any atom is 0.435 e. The standard InChI is InChI=1S/C24H28Cl3F7N4O/c1-12(13-7-16(20(27)35-11-13)21(2,39)37(3)15-5-6-15)10-36-38(4)19-17(25)8-14(9-18(19)26)22(28,23(29,30)31)24(32,33)34/h8-11,15-17,19-20,35,39H,1,5-7H2,2-4H3/b36-10-. The van der Waals surface area contributed by atoms with Gasteiger partial charge in [0.2, 0.25) is 0 Å². The maximum absolute atomic E-state index is 14.5. The zero-order chi connectivity index (χ0) is 29.7. The highest BCUT2D eigenvalue weighted by atomic mass is 35.5. The van der Waals surface area contributed by atoms with Crippen molar-refractivity contribution in [2.24, 2.45) is 11.0 Å². The third-order valence-corrected chi connectivity index (χ3v) is 8.45. The van der Waals surface area contributed by atoms with E-state index in [4.69, 9.17) is 34.8 Å². The normalized spacial score (nSPS) is 28.4. The van der Waals surface area contributed by atoms with Crippen molar-refractivity contribution in [1.29, 1.82) is 0 Å². The Kier molecular flexibility index (Phi) is 9.10. The molecule has 3 aliphatic rings. The molecule has 0 bridgehead atoms. The van der Waals surface area contributed by atoms with Gasteiger partial charge >= 0.3 is 18.0 Å². The van der Waals surface area contributed by atoms with E-state index in [2.05, 4.69) is 17.0 Å². The van der Waals surface area contributed by atoms with Crippen LogP contribution < -0.4 is 5.32 Å². The summed E-state index contributed by atoms with van der Waals surface area (Å²) in [4.78, 5) is 1.88. The van der Waals surface area contributed by atoms with Crippen molar-refractivity contribution in [1.82, 2.24) is 15.2 Å². The Morgan fingerprint density at radius 2 is 1.69 bits per heavy atom. The van der Waals surface area contributed by atoms with Gasteiger partial charge in [-0.1, -0.05) is 35.9 Å². The van der Waals surface area contributed by atoms with E-state index in [1.54, 1.807) is 13.1 Å². The second-order valence-corrected chi connectivity index (χ2v) is 11.4. The molecule has 5 atom stereocenters. The third kappa shape index (κ3) is 6.24. The lowest BCUT2D eigenvalue weighted by Gasteiger charge is -2.44. The lowest BCUT2D eigenvalue weighted by molar-refractivity contribution is -0.325. The van der Waals surface area contributed by atoms with Crippen molar-refractivity contribution < 1.29 is 35.8 Å². The first-order valence-corrected chi connectivity index (χ1v) is 13.0. The molecule has 220 valence electrons. The Hall–Kier alpha value is -1.47. The van der Waals surface area contributed by atoms with Gasteiger partial charge in [0.1, 0.15) is 17.3 Å². The van der Waals surface area contributed by atoms with E-state index in [-0.39, 0.29) is 12.1 Å². The van der Waals surface area contributed by atoms with Crippen molar-refractivity contribution in [3.05, 3.63) is 46.7 Å². The molecular weight excluding hydrogens is 600 g/mol. The summed E-state index contributed by atoms with van der Waals surface area (Å²) in [7, 11) is 3.17. The van der Waals surface area contributed by atoms with Crippen molar-refractivity contribution in [2.75, 3.05) is 14.1 Å². The zero-order valence-electron chi connectivity index (χ0n) is 21.1. The molecule has 1 heterocycles. The van der Waals surface area contributed by atoms with Crippen molar-refractivity contribution in [3.8, 4) is 0 Å². The molecule has 15 heteroatoms. The molecular formula is C24H28Cl3F7N4O. The number of hydrazone groups is 1. The maximum atomic E-state index is 14.5. The highest BCUT2D eigenvalue weighted by Crippen LogP contribution is 2.52. The molecule has 2 N–H and O–H groups in total. The molecule has 0 radical (unpaired) electrons. The van der Waals surface area contributed by atoms with Crippen LogP contribution in [0, 0.1) is 5.92 Å². The van der Waals surface area contributed by atoms with E-state index in [1.165, 1.54) is 13.3 Å². The summed E-state index contributed by atoms with van der Waals surface area (Å²) in [6.45, 7) is 5.64. The molecule has 5 nitrogen and oxygen atoms in total. The van der Waals surface area contributed by atoms with Gasteiger partial charge in [0.15, 0.2) is 0 Å². The first-order chi connectivity index (χ1) is 17.7. The number of hydrogen-bond donors (Lipinski definition) is 2. The Morgan fingerprint density at radius 1 is 1.13 bits per heavy atom. The SMILES string of the molecule is C=C(/C=N\N(C)C1C(Cl)=CC(C(F)(C(F)(F)F)C(F)(F)F)=CC1Cl)C1=CNC(Cl)C(C(C)(O)N(C)C2CC2)C1. The highest BCUT2D eigenvalue weighted by molar-refractivity contribution is 6.32. The molecule has 0 amide bonds. The second kappa shape index (κ2) is 11.1. The zero-order valence-corrected chi connectivity index (χ0v) is 23.4. The monoisotopic (exact) mass is 626 g/mol. The Balaban J connectivity index is 1.75. The fourth-order valence-corrected chi connectivity index (χ4v) is 5.87. The van der Waals surface area contributed by atoms with Crippen LogP contribution in [0.15, 0.2) is 51.8 Å². The summed E-state index contributed by atoms with van der Waals surface area (Å²) < 4.78 is 93.5. The Bertz CT molecular complexity index is 1070. The first kappa shape index (κ1) is 32.0. The molecule has 1 saturated carbocycles. The first-order valence-electron chi connectivity index (χ1n) is 11.8. The molecule has 0 aromatic heterocycles. The average Bonchev–Trinajstić information content (AvgIpc) is 3.65. The van der Waals surface area contributed by atoms with Crippen LogP contribution in [-0.4, -0.2) is 82.0 Å². The quantitative estimate of drug-likeness (QED) is 0.0842. The Labute approximate surface area is 236 Å². The molecule has 5 unspecified atom stereocenters. The molecule has 0 aromatic rings. The Morgan fingerprint density at radius 3 is 2.18 bits per heavy atom. The summed E-state index contributed by atoms with van der Waals surface area (Å²) in [5.74, 6) is -0.428. The predicted octanol–water partition coefficient (Wildman–Crippen LogP) is 6.19. The lowest BCUT2D eigenvalue weighted by Crippen LogP contribution is -2.56. The van der Waals surface area contributed by atoms with Crippen LogP contribution in [-0.2, 0) is 0 Å². The molecule has 1 aliphatic heterocycles. The van der Waals surface area contributed by atoms with Crippen LogP contribution in [0.25, 0.3) is 0 Å². The van der Waals surface area contributed by atoms with Crippen molar-refractivity contribution in [3.63, 3.8) is 0 Å². The molecule has 0 saturated heterocycles. The van der Waals surface area contributed by atoms with Gasteiger partial charge < -0.3 is 10.4 Å². The molecule has 39 heavy (non-hydrogen) atoms. The summed E-state index contributed by atoms with van der Waals surface area (Å²) in [5, 5.41) is 17.3. The number of alkyl halides is 9.